The third kappa shape index (κ3) is 3.26. The van der Waals surface area contributed by atoms with E-state index in [1.165, 1.54) is 7.11 Å². The molecule has 2 aromatic rings. The van der Waals surface area contributed by atoms with E-state index < -0.39 is 10.0 Å². The van der Waals surface area contributed by atoms with E-state index in [-0.39, 0.29) is 4.90 Å². The van der Waals surface area contributed by atoms with E-state index in [0.717, 1.165) is 12.0 Å². The topological polar surface area (TPSA) is 73.9 Å². The largest absolute Gasteiger partial charge is 0.495 e. The quantitative estimate of drug-likeness (QED) is 0.898. The van der Waals surface area contributed by atoms with Gasteiger partial charge in [0, 0.05) is 6.07 Å². The predicted octanol–water partition coefficient (Wildman–Crippen LogP) is 2.83. The number of aryl methyl sites for hydroxylation is 1. The monoisotopic (exact) mass is 349 g/mol. The van der Waals surface area contributed by atoms with Gasteiger partial charge in [-0.1, -0.05) is 13.0 Å². The number of fused-ring (bicyclic) bond motifs is 1. The third-order valence-corrected chi connectivity index (χ3v) is 5.12. The second kappa shape index (κ2) is 6.60. The summed E-state index contributed by atoms with van der Waals surface area (Å²) in [6.45, 7) is 2.89. The van der Waals surface area contributed by atoms with Gasteiger partial charge >= 0.3 is 0 Å². The smallest absolute Gasteiger partial charge is 0.265 e. The van der Waals surface area contributed by atoms with Crippen LogP contribution in [-0.4, -0.2) is 28.7 Å². The molecule has 0 spiro atoms. The number of nitrogens with one attached hydrogen (secondary N) is 1. The van der Waals surface area contributed by atoms with Crippen LogP contribution in [0.15, 0.2) is 41.3 Å². The molecule has 0 fully saturated rings. The first-order chi connectivity index (χ1) is 11.5. The summed E-state index contributed by atoms with van der Waals surface area (Å²) in [7, 11) is -2.34. The molecular formula is C17H19NO5S. The van der Waals surface area contributed by atoms with Crippen LogP contribution in [0.1, 0.15) is 12.5 Å². The van der Waals surface area contributed by atoms with Crippen molar-refractivity contribution in [3.05, 3.63) is 42.0 Å². The van der Waals surface area contributed by atoms with Crippen molar-refractivity contribution in [3.8, 4) is 17.2 Å². The van der Waals surface area contributed by atoms with E-state index in [1.807, 2.05) is 13.0 Å². The first kappa shape index (κ1) is 16.4. The maximum atomic E-state index is 12.8. The van der Waals surface area contributed by atoms with E-state index in [4.69, 9.17) is 14.2 Å². The summed E-state index contributed by atoms with van der Waals surface area (Å²) in [6, 6.07) is 10.1. The Bertz CT molecular complexity index is 848. The SMILES string of the molecule is CCc1ccc(OC)c(S(=O)(=O)Nc2ccc3c(c2)OCCO3)c1. The number of sulfonamides is 1. The van der Waals surface area contributed by atoms with Gasteiger partial charge in [-0.25, -0.2) is 8.42 Å². The van der Waals surface area contributed by atoms with Crippen LogP contribution >= 0.6 is 0 Å². The van der Waals surface area contributed by atoms with Crippen molar-refractivity contribution < 1.29 is 22.6 Å². The second-order valence-electron chi connectivity index (χ2n) is 5.30. The van der Waals surface area contributed by atoms with Crippen LogP contribution in [-0.2, 0) is 16.4 Å². The molecule has 6 nitrogen and oxygen atoms in total. The molecule has 0 bridgehead atoms. The van der Waals surface area contributed by atoms with Crippen molar-refractivity contribution >= 4 is 15.7 Å². The summed E-state index contributed by atoms with van der Waals surface area (Å²) in [5.41, 5.74) is 1.32. The minimum Gasteiger partial charge on any atom is -0.495 e. The summed E-state index contributed by atoms with van der Waals surface area (Å²) in [5, 5.41) is 0. The first-order valence-corrected chi connectivity index (χ1v) is 9.11. The number of hydrogen-bond acceptors (Lipinski definition) is 5. The Morgan fingerprint density at radius 1 is 1.08 bits per heavy atom. The molecule has 2 aromatic carbocycles. The lowest BCUT2D eigenvalue weighted by Crippen LogP contribution is -2.17. The molecule has 0 saturated heterocycles. The van der Waals surface area contributed by atoms with Gasteiger partial charge in [0.15, 0.2) is 11.5 Å². The van der Waals surface area contributed by atoms with Crippen LogP contribution in [0.3, 0.4) is 0 Å². The fraction of sp³-hybridized carbons (Fsp3) is 0.294. The Labute approximate surface area is 141 Å². The highest BCUT2D eigenvalue weighted by Crippen LogP contribution is 2.34. The summed E-state index contributed by atoms with van der Waals surface area (Å²) in [6.07, 6.45) is 0.733. The van der Waals surface area contributed by atoms with Crippen molar-refractivity contribution in [3.63, 3.8) is 0 Å². The van der Waals surface area contributed by atoms with Crippen molar-refractivity contribution in [2.45, 2.75) is 18.2 Å². The highest BCUT2D eigenvalue weighted by molar-refractivity contribution is 7.92. The van der Waals surface area contributed by atoms with Gasteiger partial charge in [-0.15, -0.1) is 0 Å². The Hall–Kier alpha value is -2.41. The highest BCUT2D eigenvalue weighted by Gasteiger charge is 2.21. The molecule has 24 heavy (non-hydrogen) atoms. The molecule has 0 amide bonds. The van der Waals surface area contributed by atoms with Gasteiger partial charge in [0.25, 0.3) is 10.0 Å². The Morgan fingerprint density at radius 3 is 2.54 bits per heavy atom. The molecule has 1 N–H and O–H groups in total. The van der Waals surface area contributed by atoms with Crippen LogP contribution in [0, 0.1) is 0 Å². The number of methoxy groups -OCH3 is 1. The van der Waals surface area contributed by atoms with E-state index in [2.05, 4.69) is 4.72 Å². The fourth-order valence-electron chi connectivity index (χ4n) is 2.47. The van der Waals surface area contributed by atoms with Gasteiger partial charge in [-0.05, 0) is 36.2 Å². The van der Waals surface area contributed by atoms with Crippen molar-refractivity contribution in [1.29, 1.82) is 0 Å². The zero-order valence-electron chi connectivity index (χ0n) is 13.5. The molecule has 1 aliphatic rings. The number of benzene rings is 2. The summed E-state index contributed by atoms with van der Waals surface area (Å²) in [4.78, 5) is 0.110. The maximum absolute atomic E-state index is 12.8. The lowest BCUT2D eigenvalue weighted by atomic mass is 10.2. The molecule has 128 valence electrons. The zero-order chi connectivity index (χ0) is 17.2. The van der Waals surface area contributed by atoms with Gasteiger partial charge in [-0.2, -0.15) is 0 Å². The van der Waals surface area contributed by atoms with Crippen LogP contribution < -0.4 is 18.9 Å². The molecule has 0 radical (unpaired) electrons. The Morgan fingerprint density at radius 2 is 1.83 bits per heavy atom. The van der Waals surface area contributed by atoms with Crippen molar-refractivity contribution in [2.24, 2.45) is 0 Å². The molecule has 0 unspecified atom stereocenters. The number of ether oxygens (including phenoxy) is 3. The lowest BCUT2D eigenvalue weighted by molar-refractivity contribution is 0.171. The fourth-order valence-corrected chi connectivity index (χ4v) is 3.74. The average Bonchev–Trinajstić information content (AvgIpc) is 2.60. The van der Waals surface area contributed by atoms with Crippen LogP contribution in [0.4, 0.5) is 5.69 Å². The van der Waals surface area contributed by atoms with Crippen LogP contribution in [0.5, 0.6) is 17.2 Å². The van der Waals surface area contributed by atoms with E-state index in [1.54, 1.807) is 30.3 Å². The molecule has 3 rings (SSSR count). The average molecular weight is 349 g/mol. The molecule has 0 aromatic heterocycles. The van der Waals surface area contributed by atoms with Gasteiger partial charge in [-0.3, -0.25) is 4.72 Å². The van der Waals surface area contributed by atoms with Crippen molar-refractivity contribution in [1.82, 2.24) is 0 Å². The van der Waals surface area contributed by atoms with E-state index in [9.17, 15) is 8.42 Å². The third-order valence-electron chi connectivity index (χ3n) is 3.72. The summed E-state index contributed by atoms with van der Waals surface area (Å²) < 4.78 is 44.2. The van der Waals surface area contributed by atoms with E-state index >= 15 is 0 Å². The number of hydrogen-bond donors (Lipinski definition) is 1. The van der Waals surface area contributed by atoms with E-state index in [0.29, 0.717) is 36.1 Å². The van der Waals surface area contributed by atoms with Gasteiger partial charge < -0.3 is 14.2 Å². The Balaban J connectivity index is 1.94. The molecule has 1 heterocycles. The predicted molar refractivity (Wildman–Crippen MR) is 90.6 cm³/mol. The standard InChI is InChI=1S/C17H19NO5S/c1-3-12-4-6-15(21-2)17(10-12)24(19,20)18-13-5-7-14-16(11-13)23-9-8-22-14/h4-7,10-11,18H,3,8-9H2,1-2H3. The number of rotatable bonds is 5. The minimum absolute atomic E-state index is 0.110. The zero-order valence-corrected chi connectivity index (χ0v) is 14.4. The van der Waals surface area contributed by atoms with Gasteiger partial charge in [0.1, 0.15) is 23.9 Å². The first-order valence-electron chi connectivity index (χ1n) is 7.63. The molecule has 7 heteroatoms. The molecule has 0 saturated carbocycles. The van der Waals surface area contributed by atoms with Gasteiger partial charge in [0.05, 0.1) is 12.8 Å². The lowest BCUT2D eigenvalue weighted by Gasteiger charge is -2.19. The molecular weight excluding hydrogens is 330 g/mol. The second-order valence-corrected chi connectivity index (χ2v) is 6.95. The van der Waals surface area contributed by atoms with Crippen LogP contribution in [0.25, 0.3) is 0 Å². The number of anilines is 1. The molecule has 1 aliphatic heterocycles. The molecule has 0 atom stereocenters. The highest BCUT2D eigenvalue weighted by atomic mass is 32.2. The molecule has 0 aliphatic carbocycles. The minimum atomic E-state index is -3.79. The summed E-state index contributed by atoms with van der Waals surface area (Å²) >= 11 is 0. The maximum Gasteiger partial charge on any atom is 0.265 e. The normalized spacial score (nSPS) is 13.4. The Kier molecular flexibility index (Phi) is 4.53. The van der Waals surface area contributed by atoms with Crippen molar-refractivity contribution in [2.75, 3.05) is 25.0 Å². The summed E-state index contributed by atoms with van der Waals surface area (Å²) in [5.74, 6) is 1.43. The van der Waals surface area contributed by atoms with Gasteiger partial charge in [0.2, 0.25) is 0 Å². The van der Waals surface area contributed by atoms with Crippen LogP contribution in [0.2, 0.25) is 0 Å².